The molecular formula is C14H17N3O2S. The lowest BCUT2D eigenvalue weighted by Gasteiger charge is -2.11. The largest absolute Gasteiger partial charge is 0.478 e. The van der Waals surface area contributed by atoms with Crippen LogP contribution in [0.3, 0.4) is 0 Å². The summed E-state index contributed by atoms with van der Waals surface area (Å²) in [6, 6.07) is 7.43. The molecule has 0 atom stereocenters. The molecule has 2 N–H and O–H groups in total. The number of anilines is 1. The van der Waals surface area contributed by atoms with Gasteiger partial charge in [-0.15, -0.1) is 11.8 Å². The lowest BCUT2D eigenvalue weighted by molar-refractivity contribution is 0.0694. The van der Waals surface area contributed by atoms with Crippen molar-refractivity contribution < 1.29 is 9.90 Å². The van der Waals surface area contributed by atoms with Gasteiger partial charge in [0.25, 0.3) is 0 Å². The van der Waals surface area contributed by atoms with E-state index in [2.05, 4.69) is 10.4 Å². The van der Waals surface area contributed by atoms with Crippen molar-refractivity contribution >= 4 is 23.4 Å². The Kier molecular flexibility index (Phi) is 4.68. The Hall–Kier alpha value is -1.95. The maximum atomic E-state index is 11.4. The number of rotatable bonds is 6. The van der Waals surface area contributed by atoms with Crippen LogP contribution in [0.15, 0.2) is 35.4 Å². The second kappa shape index (κ2) is 6.47. The molecule has 0 aliphatic rings. The molecule has 2 rings (SSSR count). The highest BCUT2D eigenvalue weighted by Gasteiger charge is 2.14. The minimum atomic E-state index is -0.907. The molecule has 0 amide bonds. The van der Waals surface area contributed by atoms with Crippen LogP contribution in [0.5, 0.6) is 0 Å². The quantitative estimate of drug-likeness (QED) is 0.800. The van der Waals surface area contributed by atoms with E-state index in [4.69, 9.17) is 0 Å². The third-order valence-electron chi connectivity index (χ3n) is 2.93. The Balaban J connectivity index is 2.07. The number of hydrogen-bond acceptors (Lipinski definition) is 4. The third-order valence-corrected chi connectivity index (χ3v) is 3.71. The molecule has 0 saturated heterocycles. The third kappa shape index (κ3) is 3.33. The summed E-state index contributed by atoms with van der Waals surface area (Å²) in [5, 5.41) is 16.8. The molecule has 0 saturated carbocycles. The molecule has 1 aromatic carbocycles. The number of benzene rings is 1. The number of carbonyl (C=O) groups is 1. The number of nitrogens with zero attached hydrogens (tertiary/aromatic N) is 2. The topological polar surface area (TPSA) is 67.2 Å². The fraction of sp³-hybridized carbons (Fsp3) is 0.286. The average Bonchev–Trinajstić information content (AvgIpc) is 2.83. The Morgan fingerprint density at radius 2 is 2.25 bits per heavy atom. The molecule has 0 radical (unpaired) electrons. The van der Waals surface area contributed by atoms with Crippen molar-refractivity contribution in [3.8, 4) is 0 Å². The van der Waals surface area contributed by atoms with Gasteiger partial charge in [0.1, 0.15) is 0 Å². The summed E-state index contributed by atoms with van der Waals surface area (Å²) in [5.74, 6) is -0.907. The van der Waals surface area contributed by atoms with Crippen molar-refractivity contribution in [2.45, 2.75) is 11.3 Å². The van der Waals surface area contributed by atoms with E-state index in [1.54, 1.807) is 10.7 Å². The van der Waals surface area contributed by atoms with Gasteiger partial charge >= 0.3 is 5.97 Å². The Morgan fingerprint density at radius 1 is 1.45 bits per heavy atom. The molecular weight excluding hydrogens is 274 g/mol. The van der Waals surface area contributed by atoms with Gasteiger partial charge < -0.3 is 10.4 Å². The van der Waals surface area contributed by atoms with Crippen LogP contribution in [0.25, 0.3) is 0 Å². The van der Waals surface area contributed by atoms with E-state index in [-0.39, 0.29) is 0 Å². The summed E-state index contributed by atoms with van der Waals surface area (Å²) in [6.07, 6.45) is 4.52. The highest BCUT2D eigenvalue weighted by Crippen LogP contribution is 2.27. The number of carboxylic acid groups (broad SMARTS) is 1. The molecule has 1 aromatic heterocycles. The van der Waals surface area contributed by atoms with Gasteiger partial charge in [0.2, 0.25) is 0 Å². The summed E-state index contributed by atoms with van der Waals surface area (Å²) in [6.45, 7) is 0.648. The highest BCUT2D eigenvalue weighted by molar-refractivity contribution is 7.98. The van der Waals surface area contributed by atoms with Crippen molar-refractivity contribution in [1.82, 2.24) is 9.78 Å². The summed E-state index contributed by atoms with van der Waals surface area (Å²) in [5.41, 5.74) is 1.97. The molecule has 6 heteroatoms. The monoisotopic (exact) mass is 291 g/mol. The van der Waals surface area contributed by atoms with Crippen LogP contribution >= 0.6 is 11.8 Å². The SMILES string of the molecule is CSc1cccc(NCCc2ccn(C)n2)c1C(=O)O. The summed E-state index contributed by atoms with van der Waals surface area (Å²) in [4.78, 5) is 12.1. The molecule has 0 aliphatic carbocycles. The van der Waals surface area contributed by atoms with E-state index in [1.807, 2.05) is 37.7 Å². The van der Waals surface area contributed by atoms with Gasteiger partial charge in [-0.2, -0.15) is 5.10 Å². The number of aromatic nitrogens is 2. The maximum Gasteiger partial charge on any atom is 0.338 e. The number of aromatic carboxylic acids is 1. The number of hydrogen-bond donors (Lipinski definition) is 2. The van der Waals surface area contributed by atoms with Crippen LogP contribution in [-0.2, 0) is 13.5 Å². The molecule has 20 heavy (non-hydrogen) atoms. The zero-order valence-electron chi connectivity index (χ0n) is 11.5. The smallest absolute Gasteiger partial charge is 0.338 e. The summed E-state index contributed by atoms with van der Waals surface area (Å²) < 4.78 is 1.76. The van der Waals surface area contributed by atoms with Crippen molar-refractivity contribution in [2.75, 3.05) is 18.1 Å². The Morgan fingerprint density at radius 3 is 2.85 bits per heavy atom. The fourth-order valence-electron chi connectivity index (χ4n) is 1.99. The molecule has 5 nitrogen and oxygen atoms in total. The van der Waals surface area contributed by atoms with E-state index in [9.17, 15) is 9.90 Å². The standard InChI is InChI=1S/C14H17N3O2S/c1-17-9-7-10(16-17)6-8-15-11-4-3-5-12(20-2)13(11)14(18)19/h3-5,7,9,15H,6,8H2,1-2H3,(H,18,19). The first-order valence-electron chi connectivity index (χ1n) is 6.24. The molecule has 0 bridgehead atoms. The van der Waals surface area contributed by atoms with E-state index < -0.39 is 5.97 Å². The zero-order valence-corrected chi connectivity index (χ0v) is 12.3. The molecule has 0 spiro atoms. The van der Waals surface area contributed by atoms with Crippen molar-refractivity contribution in [1.29, 1.82) is 0 Å². The number of carboxylic acids is 1. The fourth-order valence-corrected chi connectivity index (χ4v) is 2.61. The van der Waals surface area contributed by atoms with Crippen molar-refractivity contribution in [3.05, 3.63) is 41.7 Å². The van der Waals surface area contributed by atoms with Gasteiger partial charge in [0.15, 0.2) is 0 Å². The van der Waals surface area contributed by atoms with Crippen LogP contribution in [0.4, 0.5) is 5.69 Å². The highest BCUT2D eigenvalue weighted by atomic mass is 32.2. The van der Waals surface area contributed by atoms with Gasteiger partial charge in [0, 0.05) is 36.8 Å². The molecule has 0 aliphatic heterocycles. The minimum absolute atomic E-state index is 0.334. The van der Waals surface area contributed by atoms with E-state index >= 15 is 0 Å². The molecule has 1 heterocycles. The number of aryl methyl sites for hydroxylation is 1. The van der Waals surface area contributed by atoms with Crippen molar-refractivity contribution in [2.24, 2.45) is 7.05 Å². The molecule has 0 unspecified atom stereocenters. The first-order valence-corrected chi connectivity index (χ1v) is 7.47. The van der Waals surface area contributed by atoms with Crippen molar-refractivity contribution in [3.63, 3.8) is 0 Å². The molecule has 106 valence electrons. The van der Waals surface area contributed by atoms with Gasteiger partial charge in [-0.3, -0.25) is 4.68 Å². The van der Waals surface area contributed by atoms with Gasteiger partial charge in [-0.1, -0.05) is 6.07 Å². The first-order chi connectivity index (χ1) is 9.61. The number of thioether (sulfide) groups is 1. The lowest BCUT2D eigenvalue weighted by Crippen LogP contribution is -2.10. The summed E-state index contributed by atoms with van der Waals surface area (Å²) in [7, 11) is 1.88. The van der Waals surface area contributed by atoms with Gasteiger partial charge in [0.05, 0.1) is 11.3 Å². The van der Waals surface area contributed by atoms with E-state index in [0.29, 0.717) is 17.8 Å². The number of nitrogens with one attached hydrogen (secondary N) is 1. The van der Waals surface area contributed by atoms with Crippen LogP contribution in [0, 0.1) is 0 Å². The Bertz CT molecular complexity index is 610. The van der Waals surface area contributed by atoms with Gasteiger partial charge in [-0.25, -0.2) is 4.79 Å². The zero-order chi connectivity index (χ0) is 14.5. The Labute approximate surface area is 122 Å². The first kappa shape index (κ1) is 14.5. The predicted octanol–water partition coefficient (Wildman–Crippen LogP) is 2.49. The normalized spacial score (nSPS) is 10.5. The summed E-state index contributed by atoms with van der Waals surface area (Å²) >= 11 is 1.43. The van der Waals surface area contributed by atoms with E-state index in [1.165, 1.54) is 11.8 Å². The second-order valence-electron chi connectivity index (χ2n) is 4.35. The van der Waals surface area contributed by atoms with Gasteiger partial charge in [-0.05, 0) is 24.5 Å². The molecule has 0 fully saturated rings. The molecule has 2 aromatic rings. The predicted molar refractivity (Wildman–Crippen MR) is 80.6 cm³/mol. The second-order valence-corrected chi connectivity index (χ2v) is 5.19. The average molecular weight is 291 g/mol. The van der Waals surface area contributed by atoms with Crippen LogP contribution in [-0.4, -0.2) is 33.7 Å². The van der Waals surface area contributed by atoms with Crippen LogP contribution in [0.2, 0.25) is 0 Å². The lowest BCUT2D eigenvalue weighted by atomic mass is 10.1. The minimum Gasteiger partial charge on any atom is -0.478 e. The van der Waals surface area contributed by atoms with E-state index in [0.717, 1.165) is 17.0 Å². The van der Waals surface area contributed by atoms with Crippen LogP contribution < -0.4 is 5.32 Å². The maximum absolute atomic E-state index is 11.4. The van der Waals surface area contributed by atoms with Crippen LogP contribution in [0.1, 0.15) is 16.1 Å².